The second-order valence-electron chi connectivity index (χ2n) is 6.93. The Kier molecular flexibility index (Phi) is 8.06. The van der Waals surface area contributed by atoms with Gasteiger partial charge in [-0.1, -0.05) is 12.1 Å². The third-order valence-electron chi connectivity index (χ3n) is 4.48. The molecule has 2 N–H and O–H groups in total. The molecule has 1 fully saturated rings. The number of guanidine groups is 1. The zero-order valence-corrected chi connectivity index (χ0v) is 16.2. The van der Waals surface area contributed by atoms with E-state index in [1.165, 1.54) is 37.2 Å². The summed E-state index contributed by atoms with van der Waals surface area (Å²) < 4.78 is 5.56. The van der Waals surface area contributed by atoms with Gasteiger partial charge in [-0.2, -0.15) is 0 Å². The molecule has 0 spiro atoms. The molecule has 1 aromatic rings. The molecule has 1 atom stereocenters. The second kappa shape index (κ2) is 10.3. The van der Waals surface area contributed by atoms with Gasteiger partial charge < -0.3 is 20.3 Å². The van der Waals surface area contributed by atoms with Gasteiger partial charge in [0.25, 0.3) is 0 Å². The Balaban J connectivity index is 1.82. The molecular weight excluding hydrogens is 312 g/mol. The Labute approximate surface area is 152 Å². The fourth-order valence-corrected chi connectivity index (χ4v) is 3.05. The second-order valence-corrected chi connectivity index (χ2v) is 6.93. The number of hydrogen-bond donors (Lipinski definition) is 2. The van der Waals surface area contributed by atoms with Crippen LogP contribution in [0.15, 0.2) is 29.3 Å². The summed E-state index contributed by atoms with van der Waals surface area (Å²) in [7, 11) is 1.81. The van der Waals surface area contributed by atoms with E-state index in [0.29, 0.717) is 6.10 Å². The Morgan fingerprint density at radius 2 is 2.00 bits per heavy atom. The molecule has 0 amide bonds. The molecule has 140 valence electrons. The van der Waals surface area contributed by atoms with Gasteiger partial charge in [-0.15, -0.1) is 0 Å². The number of anilines is 1. The van der Waals surface area contributed by atoms with Crippen LogP contribution in [0.2, 0.25) is 0 Å². The van der Waals surface area contributed by atoms with Crippen LogP contribution in [0, 0.1) is 0 Å². The van der Waals surface area contributed by atoms with Gasteiger partial charge in [-0.25, -0.2) is 0 Å². The number of aliphatic imine (C=N–C) groups is 1. The average Bonchev–Trinajstić information content (AvgIpc) is 3.14. The van der Waals surface area contributed by atoms with E-state index in [4.69, 9.17) is 4.74 Å². The third-order valence-corrected chi connectivity index (χ3v) is 4.48. The topological polar surface area (TPSA) is 48.9 Å². The molecule has 0 saturated carbocycles. The van der Waals surface area contributed by atoms with Crippen molar-refractivity contribution in [1.82, 2.24) is 10.6 Å². The highest BCUT2D eigenvalue weighted by molar-refractivity contribution is 5.80. The van der Waals surface area contributed by atoms with Crippen LogP contribution in [0.4, 0.5) is 5.69 Å². The minimum absolute atomic E-state index is 0.209. The molecule has 0 aromatic heterocycles. The summed E-state index contributed by atoms with van der Waals surface area (Å²) in [6, 6.07) is 9.05. The number of benzene rings is 1. The predicted octanol–water partition coefficient (Wildman–Crippen LogP) is 3.33. The minimum Gasteiger partial charge on any atom is -0.379 e. The van der Waals surface area contributed by atoms with Crippen molar-refractivity contribution in [2.45, 2.75) is 52.2 Å². The lowest BCUT2D eigenvalue weighted by molar-refractivity contribution is 0.0776. The lowest BCUT2D eigenvalue weighted by atomic mass is 10.1. The van der Waals surface area contributed by atoms with Crippen LogP contribution < -0.4 is 15.5 Å². The van der Waals surface area contributed by atoms with Gasteiger partial charge in [0.05, 0.1) is 12.1 Å². The first kappa shape index (κ1) is 19.6. The van der Waals surface area contributed by atoms with E-state index in [0.717, 1.165) is 25.5 Å². The summed E-state index contributed by atoms with van der Waals surface area (Å²) >= 11 is 0. The number of nitrogens with one attached hydrogen (secondary N) is 2. The zero-order chi connectivity index (χ0) is 18.1. The van der Waals surface area contributed by atoms with Crippen LogP contribution in [0.5, 0.6) is 0 Å². The molecule has 2 rings (SSSR count). The highest BCUT2D eigenvalue weighted by Crippen LogP contribution is 2.23. The van der Waals surface area contributed by atoms with E-state index in [-0.39, 0.29) is 6.04 Å². The van der Waals surface area contributed by atoms with Crippen molar-refractivity contribution in [3.8, 4) is 0 Å². The van der Waals surface area contributed by atoms with E-state index >= 15 is 0 Å². The highest BCUT2D eigenvalue weighted by Gasteiger charge is 2.14. The van der Waals surface area contributed by atoms with Gasteiger partial charge in [0, 0.05) is 39.0 Å². The molecule has 1 aromatic carbocycles. The van der Waals surface area contributed by atoms with Gasteiger partial charge in [-0.05, 0) is 57.7 Å². The smallest absolute Gasteiger partial charge is 0.191 e. The van der Waals surface area contributed by atoms with Gasteiger partial charge in [0.2, 0.25) is 0 Å². The van der Waals surface area contributed by atoms with Crippen molar-refractivity contribution in [1.29, 1.82) is 0 Å². The first-order valence-electron chi connectivity index (χ1n) is 9.54. The number of rotatable bonds is 8. The van der Waals surface area contributed by atoms with Gasteiger partial charge in [-0.3, -0.25) is 4.99 Å². The van der Waals surface area contributed by atoms with Crippen molar-refractivity contribution >= 4 is 11.6 Å². The van der Waals surface area contributed by atoms with E-state index in [1.807, 2.05) is 7.05 Å². The molecule has 0 aliphatic carbocycles. The highest BCUT2D eigenvalue weighted by atomic mass is 16.5. The van der Waals surface area contributed by atoms with Crippen molar-refractivity contribution in [3.05, 3.63) is 29.8 Å². The Morgan fingerprint density at radius 1 is 1.24 bits per heavy atom. The largest absolute Gasteiger partial charge is 0.379 e. The van der Waals surface area contributed by atoms with E-state index in [1.54, 1.807) is 0 Å². The Morgan fingerprint density at radius 3 is 2.68 bits per heavy atom. The fourth-order valence-electron chi connectivity index (χ4n) is 3.05. The van der Waals surface area contributed by atoms with Gasteiger partial charge in [0.1, 0.15) is 0 Å². The maximum absolute atomic E-state index is 5.56. The molecule has 1 saturated heterocycles. The van der Waals surface area contributed by atoms with E-state index in [2.05, 4.69) is 65.6 Å². The van der Waals surface area contributed by atoms with Crippen LogP contribution in [0.25, 0.3) is 0 Å². The molecule has 5 heteroatoms. The zero-order valence-electron chi connectivity index (χ0n) is 16.2. The van der Waals surface area contributed by atoms with Crippen molar-refractivity contribution in [2.75, 3.05) is 38.2 Å². The molecule has 5 nitrogen and oxygen atoms in total. The minimum atomic E-state index is 0.209. The van der Waals surface area contributed by atoms with Gasteiger partial charge in [0.15, 0.2) is 5.96 Å². The molecule has 1 aliphatic heterocycles. The summed E-state index contributed by atoms with van der Waals surface area (Å²) in [5.74, 6) is 0.837. The average molecular weight is 347 g/mol. The third kappa shape index (κ3) is 6.58. The van der Waals surface area contributed by atoms with Crippen LogP contribution in [0.3, 0.4) is 0 Å². The quantitative estimate of drug-likeness (QED) is 0.431. The van der Waals surface area contributed by atoms with Crippen LogP contribution in [-0.4, -0.2) is 45.4 Å². The van der Waals surface area contributed by atoms with E-state index < -0.39 is 0 Å². The maximum Gasteiger partial charge on any atom is 0.191 e. The Hall–Kier alpha value is -1.75. The monoisotopic (exact) mass is 346 g/mol. The number of nitrogens with zero attached hydrogens (tertiary/aromatic N) is 2. The fraction of sp³-hybridized carbons (Fsp3) is 0.650. The van der Waals surface area contributed by atoms with Crippen molar-refractivity contribution in [2.24, 2.45) is 4.99 Å². The Bertz CT molecular complexity index is 538. The summed E-state index contributed by atoms with van der Waals surface area (Å²) in [6.07, 6.45) is 3.86. The van der Waals surface area contributed by atoms with Crippen LogP contribution in [0.1, 0.15) is 51.6 Å². The molecule has 1 heterocycles. The summed E-state index contributed by atoms with van der Waals surface area (Å²) in [6.45, 7) is 10.3. The summed E-state index contributed by atoms with van der Waals surface area (Å²) in [4.78, 5) is 6.80. The first-order valence-corrected chi connectivity index (χ1v) is 9.54. The molecular formula is C20H34N4O. The molecule has 0 radical (unpaired) electrons. The predicted molar refractivity (Wildman–Crippen MR) is 107 cm³/mol. The lowest BCUT2D eigenvalue weighted by Crippen LogP contribution is -2.39. The van der Waals surface area contributed by atoms with Crippen molar-refractivity contribution in [3.63, 3.8) is 0 Å². The number of hydrogen-bond acceptors (Lipinski definition) is 3. The van der Waals surface area contributed by atoms with Gasteiger partial charge >= 0.3 is 0 Å². The first-order chi connectivity index (χ1) is 12.1. The lowest BCUT2D eigenvalue weighted by Gasteiger charge is -2.22. The maximum atomic E-state index is 5.56. The van der Waals surface area contributed by atoms with Crippen LogP contribution in [-0.2, 0) is 4.74 Å². The summed E-state index contributed by atoms with van der Waals surface area (Å²) in [5.41, 5.74) is 2.62. The standard InChI is InChI=1S/C20H34N4O/c1-16(2)25-14-8-11-22-20(21-4)23-17(3)18-9-7-10-19(15-18)24-12-5-6-13-24/h7,9-10,15-17H,5-6,8,11-14H2,1-4H3,(H2,21,22,23). The number of ether oxygens (including phenoxy) is 1. The van der Waals surface area contributed by atoms with E-state index in [9.17, 15) is 0 Å². The normalized spacial score (nSPS) is 16.4. The summed E-state index contributed by atoms with van der Waals surface area (Å²) in [5, 5.41) is 6.84. The molecule has 1 aliphatic rings. The van der Waals surface area contributed by atoms with Crippen LogP contribution >= 0.6 is 0 Å². The van der Waals surface area contributed by atoms with Crippen molar-refractivity contribution < 1.29 is 4.74 Å². The molecule has 25 heavy (non-hydrogen) atoms. The molecule has 1 unspecified atom stereocenters. The molecule has 0 bridgehead atoms. The SMILES string of the molecule is CN=C(NCCCOC(C)C)NC(C)c1cccc(N2CCCC2)c1.